The van der Waals surface area contributed by atoms with Gasteiger partial charge in [0.2, 0.25) is 15.9 Å². The van der Waals surface area contributed by atoms with E-state index in [1.54, 1.807) is 19.2 Å². The Morgan fingerprint density at radius 3 is 2.52 bits per heavy atom. The fraction of sp³-hybridized carbons (Fsp3) is 0.350. The largest absolute Gasteiger partial charge is 0.492 e. The zero-order valence-electron chi connectivity index (χ0n) is 15.7. The van der Waals surface area contributed by atoms with Crippen molar-refractivity contribution in [3.8, 4) is 5.75 Å². The van der Waals surface area contributed by atoms with Crippen molar-refractivity contribution in [3.05, 3.63) is 53.6 Å². The Bertz CT molecular complexity index is 937. The van der Waals surface area contributed by atoms with Gasteiger partial charge >= 0.3 is 0 Å². The molecule has 7 heteroatoms. The molecule has 1 N–H and O–H groups in total. The van der Waals surface area contributed by atoms with Gasteiger partial charge in [0.25, 0.3) is 0 Å². The maximum Gasteiger partial charge on any atom is 0.240 e. The molecule has 0 spiro atoms. The van der Waals surface area contributed by atoms with Crippen molar-refractivity contribution in [2.24, 2.45) is 0 Å². The van der Waals surface area contributed by atoms with Crippen LogP contribution in [0.5, 0.6) is 5.75 Å². The Morgan fingerprint density at radius 1 is 1.15 bits per heavy atom. The molecule has 0 unspecified atom stereocenters. The molecule has 1 aliphatic heterocycles. The lowest BCUT2D eigenvalue weighted by Crippen LogP contribution is -2.28. The molecule has 0 aliphatic carbocycles. The number of sulfonamides is 1. The maximum absolute atomic E-state index is 12.5. The van der Waals surface area contributed by atoms with Gasteiger partial charge in [-0.2, -0.15) is 0 Å². The molecule has 1 aliphatic rings. The van der Waals surface area contributed by atoms with E-state index in [-0.39, 0.29) is 30.4 Å². The second-order valence-electron chi connectivity index (χ2n) is 6.89. The average Bonchev–Trinajstić information content (AvgIpc) is 2.93. The van der Waals surface area contributed by atoms with Crippen LogP contribution in [-0.2, 0) is 21.2 Å². The van der Waals surface area contributed by atoms with Gasteiger partial charge in [-0.25, -0.2) is 13.1 Å². The van der Waals surface area contributed by atoms with Crippen molar-refractivity contribution in [3.63, 3.8) is 0 Å². The van der Waals surface area contributed by atoms with Gasteiger partial charge in [0.15, 0.2) is 0 Å². The Balaban J connectivity index is 1.56. The molecule has 0 bridgehead atoms. The van der Waals surface area contributed by atoms with E-state index in [2.05, 4.69) is 18.6 Å². The van der Waals surface area contributed by atoms with Crippen molar-refractivity contribution in [1.29, 1.82) is 0 Å². The van der Waals surface area contributed by atoms with Crippen molar-refractivity contribution in [1.82, 2.24) is 4.72 Å². The van der Waals surface area contributed by atoms with Crippen LogP contribution in [0, 0.1) is 0 Å². The number of hydrogen-bond acceptors (Lipinski definition) is 4. The Hall–Kier alpha value is -2.38. The van der Waals surface area contributed by atoms with E-state index in [4.69, 9.17) is 4.74 Å². The zero-order valence-corrected chi connectivity index (χ0v) is 16.5. The number of likely N-dealkylation sites (N-methyl/N-ethyl adjacent to an activating group) is 1. The third kappa shape index (κ3) is 4.31. The number of hydrogen-bond donors (Lipinski definition) is 1. The minimum absolute atomic E-state index is 0.0376. The molecule has 6 nitrogen and oxygen atoms in total. The summed E-state index contributed by atoms with van der Waals surface area (Å²) in [6, 6.07) is 12.5. The number of ether oxygens (including phenoxy) is 1. The number of carbonyl (C=O) groups is 1. The van der Waals surface area contributed by atoms with Gasteiger partial charge in [-0.15, -0.1) is 0 Å². The van der Waals surface area contributed by atoms with Crippen molar-refractivity contribution in [2.75, 3.05) is 25.1 Å². The molecule has 0 aromatic heterocycles. The lowest BCUT2D eigenvalue weighted by Gasteiger charge is -2.12. The molecule has 0 fully saturated rings. The predicted octanol–water partition coefficient (Wildman–Crippen LogP) is 2.69. The molecule has 1 heterocycles. The average molecular weight is 388 g/mol. The Kier molecular flexibility index (Phi) is 5.53. The summed E-state index contributed by atoms with van der Waals surface area (Å²) in [5.74, 6) is 1.12. The molecular weight excluding hydrogens is 364 g/mol. The molecule has 144 valence electrons. The second kappa shape index (κ2) is 7.70. The number of fused-ring (bicyclic) bond motifs is 1. The minimum Gasteiger partial charge on any atom is -0.492 e. The first-order valence-electron chi connectivity index (χ1n) is 8.90. The molecule has 0 saturated heterocycles. The standard InChI is InChI=1S/C20H24N2O4S/c1-14(2)15-4-6-17(7-5-15)26-11-10-21-27(24,25)18-8-9-19-16(12-18)13-20(23)22(19)3/h4-9,12,14,21H,10-11,13H2,1-3H3. The molecule has 2 aromatic rings. The fourth-order valence-electron chi connectivity index (χ4n) is 2.99. The van der Waals surface area contributed by atoms with Gasteiger partial charge in [-0.05, 0) is 47.4 Å². The first-order valence-corrected chi connectivity index (χ1v) is 10.4. The van der Waals surface area contributed by atoms with Gasteiger partial charge in [0.05, 0.1) is 11.3 Å². The lowest BCUT2D eigenvalue weighted by atomic mass is 10.0. The topological polar surface area (TPSA) is 75.7 Å². The Morgan fingerprint density at radius 2 is 1.85 bits per heavy atom. The van der Waals surface area contributed by atoms with E-state index >= 15 is 0 Å². The molecule has 0 saturated carbocycles. The molecule has 3 rings (SSSR count). The highest BCUT2D eigenvalue weighted by Gasteiger charge is 2.26. The highest BCUT2D eigenvalue weighted by Crippen LogP contribution is 2.29. The van der Waals surface area contributed by atoms with Gasteiger partial charge in [-0.1, -0.05) is 26.0 Å². The van der Waals surface area contributed by atoms with Crippen LogP contribution in [0.1, 0.15) is 30.9 Å². The van der Waals surface area contributed by atoms with Crippen LogP contribution in [0.3, 0.4) is 0 Å². The summed E-state index contributed by atoms with van der Waals surface area (Å²) < 4.78 is 33.1. The number of nitrogens with zero attached hydrogens (tertiary/aromatic N) is 1. The number of anilines is 1. The smallest absolute Gasteiger partial charge is 0.240 e. The van der Waals surface area contributed by atoms with E-state index < -0.39 is 10.0 Å². The molecular formula is C20H24N2O4S. The summed E-state index contributed by atoms with van der Waals surface area (Å²) in [5, 5.41) is 0. The minimum atomic E-state index is -3.65. The van der Waals surface area contributed by atoms with Crippen molar-refractivity contribution in [2.45, 2.75) is 31.1 Å². The number of amides is 1. The molecule has 27 heavy (non-hydrogen) atoms. The third-order valence-corrected chi connectivity index (χ3v) is 6.11. The van der Waals surface area contributed by atoms with Crippen molar-refractivity contribution >= 4 is 21.6 Å². The van der Waals surface area contributed by atoms with Crippen LogP contribution in [0.15, 0.2) is 47.4 Å². The molecule has 2 aromatic carbocycles. The van der Waals surface area contributed by atoms with E-state index in [1.807, 2.05) is 24.3 Å². The van der Waals surface area contributed by atoms with Gasteiger partial charge in [-0.3, -0.25) is 4.79 Å². The van der Waals surface area contributed by atoms with Gasteiger partial charge in [0, 0.05) is 19.3 Å². The normalized spacial score (nSPS) is 13.9. The summed E-state index contributed by atoms with van der Waals surface area (Å²) >= 11 is 0. The first kappa shape index (κ1) is 19.4. The number of benzene rings is 2. The fourth-order valence-corrected chi connectivity index (χ4v) is 4.05. The van der Waals surface area contributed by atoms with Gasteiger partial charge < -0.3 is 9.64 Å². The van der Waals surface area contributed by atoms with E-state index in [0.29, 0.717) is 11.7 Å². The van der Waals surface area contributed by atoms with Crippen LogP contribution in [-0.4, -0.2) is 34.5 Å². The Labute approximate surface area is 160 Å². The van der Waals surface area contributed by atoms with Crippen LogP contribution in [0.4, 0.5) is 5.69 Å². The SMILES string of the molecule is CC(C)c1ccc(OCCNS(=O)(=O)c2ccc3c(c2)CC(=O)N3C)cc1. The molecule has 0 radical (unpaired) electrons. The summed E-state index contributed by atoms with van der Waals surface area (Å²) in [6.45, 7) is 4.63. The molecule has 0 atom stereocenters. The number of rotatable bonds is 7. The monoisotopic (exact) mass is 388 g/mol. The highest BCUT2D eigenvalue weighted by molar-refractivity contribution is 7.89. The maximum atomic E-state index is 12.5. The predicted molar refractivity (Wildman–Crippen MR) is 105 cm³/mol. The van der Waals surface area contributed by atoms with E-state index in [1.165, 1.54) is 16.5 Å². The second-order valence-corrected chi connectivity index (χ2v) is 8.66. The summed E-state index contributed by atoms with van der Waals surface area (Å²) in [7, 11) is -1.96. The van der Waals surface area contributed by atoms with E-state index in [0.717, 1.165) is 11.3 Å². The van der Waals surface area contributed by atoms with Crippen LogP contribution < -0.4 is 14.4 Å². The summed E-state index contributed by atoms with van der Waals surface area (Å²) in [6.07, 6.45) is 0.227. The van der Waals surface area contributed by atoms with Crippen LogP contribution in [0.2, 0.25) is 0 Å². The molecule has 1 amide bonds. The summed E-state index contributed by atoms with van der Waals surface area (Å²) in [4.78, 5) is 13.4. The quantitative estimate of drug-likeness (QED) is 0.740. The first-order chi connectivity index (χ1) is 12.8. The highest BCUT2D eigenvalue weighted by atomic mass is 32.2. The third-order valence-electron chi connectivity index (χ3n) is 4.65. The van der Waals surface area contributed by atoms with Crippen molar-refractivity contribution < 1.29 is 17.9 Å². The lowest BCUT2D eigenvalue weighted by molar-refractivity contribution is -0.117. The van der Waals surface area contributed by atoms with E-state index in [9.17, 15) is 13.2 Å². The van der Waals surface area contributed by atoms with Crippen LogP contribution in [0.25, 0.3) is 0 Å². The van der Waals surface area contributed by atoms with Crippen LogP contribution >= 0.6 is 0 Å². The number of carbonyl (C=O) groups excluding carboxylic acids is 1. The zero-order chi connectivity index (χ0) is 19.6. The summed E-state index contributed by atoms with van der Waals surface area (Å²) in [5.41, 5.74) is 2.71. The van der Waals surface area contributed by atoms with Gasteiger partial charge in [0.1, 0.15) is 12.4 Å². The number of nitrogens with one attached hydrogen (secondary N) is 1.